The number of thioether (sulfide) groups is 1. The second-order valence-electron chi connectivity index (χ2n) is 5.94. The van der Waals surface area contributed by atoms with Crippen molar-refractivity contribution in [2.75, 3.05) is 18.2 Å². The Bertz CT molecular complexity index is 1130. The van der Waals surface area contributed by atoms with Crippen LogP contribution in [-0.4, -0.2) is 39.0 Å². The molecule has 7 nitrogen and oxygen atoms in total. The van der Waals surface area contributed by atoms with Crippen molar-refractivity contribution in [2.45, 2.75) is 5.16 Å². The Morgan fingerprint density at radius 3 is 2.71 bits per heavy atom. The number of aromatic nitrogens is 4. The van der Waals surface area contributed by atoms with Gasteiger partial charge in [0.25, 0.3) is 0 Å². The van der Waals surface area contributed by atoms with Crippen LogP contribution >= 0.6 is 11.8 Å². The van der Waals surface area contributed by atoms with Gasteiger partial charge < -0.3 is 10.1 Å². The minimum Gasteiger partial charge on any atom is -0.494 e. The standard InChI is InChI=1S/C20H17N5O2S/c1-27-18-9-5-4-8-17(18)25-20(22-23-24-25)28-13-19(26)21-16-11-10-14-6-2-3-7-15(14)12-16/h2-12H,13H2,1H3,(H,21,26). The molecule has 140 valence electrons. The Morgan fingerprint density at radius 1 is 1.07 bits per heavy atom. The van der Waals surface area contributed by atoms with Gasteiger partial charge in [-0.3, -0.25) is 4.79 Å². The number of fused-ring (bicyclic) bond motifs is 1. The van der Waals surface area contributed by atoms with E-state index in [0.717, 1.165) is 16.5 Å². The summed E-state index contributed by atoms with van der Waals surface area (Å²) in [7, 11) is 1.59. The minimum absolute atomic E-state index is 0.130. The molecule has 0 atom stereocenters. The van der Waals surface area contributed by atoms with Gasteiger partial charge >= 0.3 is 0 Å². The number of nitrogens with one attached hydrogen (secondary N) is 1. The van der Waals surface area contributed by atoms with Crippen molar-refractivity contribution >= 4 is 34.1 Å². The summed E-state index contributed by atoms with van der Waals surface area (Å²) in [5.74, 6) is 0.703. The van der Waals surface area contributed by atoms with Crippen LogP contribution in [0.25, 0.3) is 16.5 Å². The van der Waals surface area contributed by atoms with Gasteiger partial charge in [-0.1, -0.05) is 54.2 Å². The Labute approximate surface area is 165 Å². The largest absolute Gasteiger partial charge is 0.494 e. The summed E-state index contributed by atoms with van der Waals surface area (Å²) < 4.78 is 6.92. The van der Waals surface area contributed by atoms with Crippen LogP contribution in [0.1, 0.15) is 0 Å². The van der Waals surface area contributed by atoms with Gasteiger partial charge in [0.2, 0.25) is 11.1 Å². The van der Waals surface area contributed by atoms with Crippen LogP contribution < -0.4 is 10.1 Å². The van der Waals surface area contributed by atoms with E-state index in [1.165, 1.54) is 11.8 Å². The molecule has 1 N–H and O–H groups in total. The lowest BCUT2D eigenvalue weighted by Gasteiger charge is -2.09. The zero-order valence-corrected chi connectivity index (χ0v) is 15.9. The molecule has 4 aromatic rings. The van der Waals surface area contributed by atoms with Crippen LogP contribution in [0.15, 0.2) is 71.9 Å². The molecule has 0 aliphatic rings. The Kier molecular flexibility index (Phi) is 5.20. The molecule has 1 heterocycles. The van der Waals surface area contributed by atoms with Crippen molar-refractivity contribution in [3.8, 4) is 11.4 Å². The predicted octanol–water partition coefficient (Wildman–Crippen LogP) is 3.55. The number of rotatable bonds is 6. The average Bonchev–Trinajstić information content (AvgIpc) is 3.20. The molecule has 3 aromatic carbocycles. The lowest BCUT2D eigenvalue weighted by molar-refractivity contribution is -0.113. The highest BCUT2D eigenvalue weighted by molar-refractivity contribution is 7.99. The van der Waals surface area contributed by atoms with Crippen LogP contribution in [0.4, 0.5) is 5.69 Å². The highest BCUT2D eigenvalue weighted by atomic mass is 32.2. The number of ether oxygens (including phenoxy) is 1. The van der Waals surface area contributed by atoms with Crippen molar-refractivity contribution in [3.05, 3.63) is 66.7 Å². The van der Waals surface area contributed by atoms with E-state index in [9.17, 15) is 4.79 Å². The van der Waals surface area contributed by atoms with E-state index < -0.39 is 0 Å². The molecule has 0 bridgehead atoms. The Morgan fingerprint density at radius 2 is 1.86 bits per heavy atom. The van der Waals surface area contributed by atoms with Gasteiger partial charge in [-0.05, 0) is 45.5 Å². The van der Waals surface area contributed by atoms with E-state index in [1.807, 2.05) is 66.7 Å². The number of carbonyl (C=O) groups excluding carboxylic acids is 1. The zero-order chi connectivity index (χ0) is 19.3. The van der Waals surface area contributed by atoms with Crippen LogP contribution in [0.5, 0.6) is 5.75 Å². The topological polar surface area (TPSA) is 81.9 Å². The molecular weight excluding hydrogens is 374 g/mol. The van der Waals surface area contributed by atoms with Crippen LogP contribution in [0.3, 0.4) is 0 Å². The number of nitrogens with zero attached hydrogens (tertiary/aromatic N) is 4. The molecule has 0 spiro atoms. The van der Waals surface area contributed by atoms with E-state index >= 15 is 0 Å². The quantitative estimate of drug-likeness (QED) is 0.506. The second kappa shape index (κ2) is 8.10. The summed E-state index contributed by atoms with van der Waals surface area (Å²) in [4.78, 5) is 12.4. The summed E-state index contributed by atoms with van der Waals surface area (Å²) >= 11 is 1.26. The smallest absolute Gasteiger partial charge is 0.234 e. The van der Waals surface area contributed by atoms with Crippen LogP contribution in [-0.2, 0) is 4.79 Å². The monoisotopic (exact) mass is 391 g/mol. The maximum atomic E-state index is 12.4. The molecule has 8 heteroatoms. The molecule has 4 rings (SSSR count). The van der Waals surface area contributed by atoms with Crippen molar-refractivity contribution in [1.82, 2.24) is 20.2 Å². The van der Waals surface area contributed by atoms with Gasteiger partial charge in [0.15, 0.2) is 0 Å². The van der Waals surface area contributed by atoms with E-state index in [0.29, 0.717) is 16.6 Å². The van der Waals surface area contributed by atoms with Gasteiger partial charge in [0.05, 0.1) is 12.9 Å². The molecule has 28 heavy (non-hydrogen) atoms. The van der Waals surface area contributed by atoms with E-state index in [1.54, 1.807) is 11.8 Å². The number of carbonyl (C=O) groups is 1. The van der Waals surface area contributed by atoms with Gasteiger partial charge in [0, 0.05) is 5.69 Å². The Balaban J connectivity index is 1.45. The number of para-hydroxylation sites is 2. The average molecular weight is 391 g/mol. The number of tetrazole rings is 1. The van der Waals surface area contributed by atoms with Gasteiger partial charge in [-0.2, -0.15) is 4.68 Å². The summed E-state index contributed by atoms with van der Waals surface area (Å²) in [5, 5.41) is 17.4. The summed E-state index contributed by atoms with van der Waals surface area (Å²) in [6.07, 6.45) is 0. The predicted molar refractivity (Wildman–Crippen MR) is 109 cm³/mol. The first kappa shape index (κ1) is 18.0. The fraction of sp³-hybridized carbons (Fsp3) is 0.100. The third kappa shape index (κ3) is 3.81. The number of hydrogen-bond donors (Lipinski definition) is 1. The van der Waals surface area contributed by atoms with Crippen molar-refractivity contribution in [1.29, 1.82) is 0 Å². The maximum absolute atomic E-state index is 12.4. The number of anilines is 1. The lowest BCUT2D eigenvalue weighted by atomic mass is 10.1. The molecular formula is C20H17N5O2S. The number of benzene rings is 3. The Hall–Kier alpha value is -3.39. The van der Waals surface area contributed by atoms with Gasteiger partial charge in [-0.15, -0.1) is 5.10 Å². The number of amides is 1. The minimum atomic E-state index is -0.130. The SMILES string of the molecule is COc1ccccc1-n1nnnc1SCC(=O)Nc1ccc2ccccc2c1. The normalized spacial score (nSPS) is 10.8. The molecule has 1 aromatic heterocycles. The highest BCUT2D eigenvalue weighted by Gasteiger charge is 2.14. The van der Waals surface area contributed by atoms with Gasteiger partial charge in [-0.25, -0.2) is 0 Å². The third-order valence-corrected chi connectivity index (χ3v) is 5.04. The van der Waals surface area contributed by atoms with E-state index in [-0.39, 0.29) is 11.7 Å². The molecule has 0 aliphatic heterocycles. The first-order valence-corrected chi connectivity index (χ1v) is 9.56. The second-order valence-corrected chi connectivity index (χ2v) is 6.89. The van der Waals surface area contributed by atoms with Gasteiger partial charge in [0.1, 0.15) is 11.4 Å². The van der Waals surface area contributed by atoms with Crippen LogP contribution in [0.2, 0.25) is 0 Å². The molecule has 0 radical (unpaired) electrons. The first-order chi connectivity index (χ1) is 13.7. The summed E-state index contributed by atoms with van der Waals surface area (Å²) in [6, 6.07) is 21.3. The fourth-order valence-corrected chi connectivity index (χ4v) is 3.50. The molecule has 0 aliphatic carbocycles. The summed E-state index contributed by atoms with van der Waals surface area (Å²) in [5.41, 5.74) is 1.47. The maximum Gasteiger partial charge on any atom is 0.234 e. The third-order valence-electron chi connectivity index (χ3n) is 4.12. The molecule has 0 saturated heterocycles. The lowest BCUT2D eigenvalue weighted by Crippen LogP contribution is -2.14. The number of hydrogen-bond acceptors (Lipinski definition) is 6. The molecule has 0 unspecified atom stereocenters. The van der Waals surface area contributed by atoms with Crippen molar-refractivity contribution in [3.63, 3.8) is 0 Å². The first-order valence-electron chi connectivity index (χ1n) is 8.58. The van der Waals surface area contributed by atoms with E-state index in [2.05, 4.69) is 20.8 Å². The van der Waals surface area contributed by atoms with Crippen molar-refractivity contribution in [2.24, 2.45) is 0 Å². The number of methoxy groups -OCH3 is 1. The zero-order valence-electron chi connectivity index (χ0n) is 15.1. The summed E-state index contributed by atoms with van der Waals surface area (Å²) in [6.45, 7) is 0. The van der Waals surface area contributed by atoms with Crippen molar-refractivity contribution < 1.29 is 9.53 Å². The van der Waals surface area contributed by atoms with Crippen LogP contribution in [0, 0.1) is 0 Å². The van der Waals surface area contributed by atoms with E-state index in [4.69, 9.17) is 4.74 Å². The molecule has 0 saturated carbocycles. The molecule has 1 amide bonds. The fourth-order valence-electron chi connectivity index (χ4n) is 2.82. The molecule has 0 fully saturated rings. The highest BCUT2D eigenvalue weighted by Crippen LogP contribution is 2.26.